The molecule has 44 heavy (non-hydrogen) atoms. The number of hydrogen-bond acceptors (Lipinski definition) is 4. The first kappa shape index (κ1) is 27.4. The molecule has 2 saturated heterocycles. The van der Waals surface area contributed by atoms with Crippen molar-refractivity contribution in [2.24, 2.45) is 10.8 Å². The smallest absolute Gasteiger partial charge is 0.135 e. The van der Waals surface area contributed by atoms with Crippen LogP contribution in [0.15, 0.2) is 84.9 Å². The Morgan fingerprint density at radius 2 is 0.864 bits per heavy atom. The van der Waals surface area contributed by atoms with Gasteiger partial charge in [-0.15, -0.1) is 0 Å². The second-order valence-corrected chi connectivity index (χ2v) is 13.7. The lowest BCUT2D eigenvalue weighted by Gasteiger charge is -2.38. The van der Waals surface area contributed by atoms with Gasteiger partial charge in [-0.2, -0.15) is 0 Å². The van der Waals surface area contributed by atoms with E-state index in [-0.39, 0.29) is 10.8 Å². The minimum Gasteiger partial charge on any atom is -0.492 e. The molecule has 0 aromatic heterocycles. The summed E-state index contributed by atoms with van der Waals surface area (Å²) in [6, 6.07) is 30.8. The molecule has 0 N–H and O–H groups in total. The fraction of sp³-hybridized carbons (Fsp3) is 0.300. The molecule has 2 fully saturated rings. The Labute approximate surface area is 258 Å². The van der Waals surface area contributed by atoms with E-state index in [9.17, 15) is 0 Å². The second-order valence-electron chi connectivity index (χ2n) is 13.7. The maximum atomic E-state index is 6.79. The van der Waals surface area contributed by atoms with Crippen LogP contribution in [0, 0.1) is 24.7 Å². The summed E-state index contributed by atoms with van der Waals surface area (Å²) in [5.74, 6) is 1.93. The minimum atomic E-state index is 0.0389. The monoisotopic (exact) mass is 582 g/mol. The number of fused-ring (bicyclic) bond motifs is 4. The Morgan fingerprint density at radius 1 is 0.500 bits per heavy atom. The number of benzene rings is 6. The van der Waals surface area contributed by atoms with Crippen LogP contribution in [0.2, 0.25) is 0 Å². The summed E-state index contributed by atoms with van der Waals surface area (Å²) in [7, 11) is 0. The van der Waals surface area contributed by atoms with Crippen molar-refractivity contribution in [3.63, 3.8) is 0 Å². The molecule has 0 atom stereocenters. The largest absolute Gasteiger partial charge is 0.492 e. The number of rotatable bonds is 7. The van der Waals surface area contributed by atoms with Crippen LogP contribution in [-0.2, 0) is 9.47 Å². The second kappa shape index (κ2) is 10.2. The van der Waals surface area contributed by atoms with Gasteiger partial charge < -0.3 is 18.9 Å². The molecular formula is C40H38O4. The highest BCUT2D eigenvalue weighted by atomic mass is 16.5. The van der Waals surface area contributed by atoms with Crippen LogP contribution in [0.5, 0.6) is 11.5 Å². The van der Waals surface area contributed by atoms with Gasteiger partial charge in [0.25, 0.3) is 0 Å². The maximum Gasteiger partial charge on any atom is 0.135 e. The van der Waals surface area contributed by atoms with Gasteiger partial charge in [-0.25, -0.2) is 0 Å². The van der Waals surface area contributed by atoms with E-state index >= 15 is 0 Å². The van der Waals surface area contributed by atoms with E-state index in [1.165, 1.54) is 54.6 Å². The first-order chi connectivity index (χ1) is 21.4. The van der Waals surface area contributed by atoms with Crippen molar-refractivity contribution >= 4 is 43.1 Å². The number of ether oxygens (including phenoxy) is 4. The van der Waals surface area contributed by atoms with Gasteiger partial charge in [0.15, 0.2) is 0 Å². The topological polar surface area (TPSA) is 36.9 Å². The zero-order valence-corrected chi connectivity index (χ0v) is 26.0. The van der Waals surface area contributed by atoms with E-state index < -0.39 is 0 Å². The summed E-state index contributed by atoms with van der Waals surface area (Å²) in [5.41, 5.74) is 4.97. The molecule has 6 aromatic carbocycles. The third kappa shape index (κ3) is 4.27. The molecule has 0 bridgehead atoms. The summed E-state index contributed by atoms with van der Waals surface area (Å²) in [6.45, 7) is 13.1. The van der Waals surface area contributed by atoms with Crippen molar-refractivity contribution in [3.05, 3.63) is 96.1 Å². The summed E-state index contributed by atoms with van der Waals surface area (Å²) < 4.78 is 24.7. The third-order valence-corrected chi connectivity index (χ3v) is 9.60. The van der Waals surface area contributed by atoms with Crippen LogP contribution in [0.25, 0.3) is 54.2 Å². The van der Waals surface area contributed by atoms with E-state index in [0.29, 0.717) is 13.2 Å². The van der Waals surface area contributed by atoms with Crippen LogP contribution in [0.1, 0.15) is 25.0 Å². The van der Waals surface area contributed by atoms with E-state index in [1.807, 2.05) is 0 Å². The minimum absolute atomic E-state index is 0.0389. The molecular weight excluding hydrogens is 544 g/mol. The fourth-order valence-corrected chi connectivity index (χ4v) is 7.11. The highest BCUT2D eigenvalue weighted by molar-refractivity contribution is 6.27. The van der Waals surface area contributed by atoms with Crippen LogP contribution in [-0.4, -0.2) is 39.6 Å². The molecule has 0 unspecified atom stereocenters. The van der Waals surface area contributed by atoms with Gasteiger partial charge in [-0.05, 0) is 57.6 Å². The zero-order valence-electron chi connectivity index (χ0n) is 26.0. The molecule has 222 valence electrons. The number of aryl methyl sites for hydroxylation is 2. The Morgan fingerprint density at radius 3 is 1.23 bits per heavy atom. The Hall–Kier alpha value is -4.12. The predicted octanol–water partition coefficient (Wildman–Crippen LogP) is 9.41. The van der Waals surface area contributed by atoms with Gasteiger partial charge in [0.1, 0.15) is 11.5 Å². The van der Waals surface area contributed by atoms with Gasteiger partial charge in [0.2, 0.25) is 0 Å². The summed E-state index contributed by atoms with van der Waals surface area (Å²) in [4.78, 5) is 0. The van der Waals surface area contributed by atoms with Crippen molar-refractivity contribution in [2.45, 2.75) is 27.7 Å². The first-order valence-electron chi connectivity index (χ1n) is 15.7. The van der Waals surface area contributed by atoms with Crippen molar-refractivity contribution in [1.82, 2.24) is 0 Å². The zero-order chi connectivity index (χ0) is 30.1. The van der Waals surface area contributed by atoms with Gasteiger partial charge in [0.05, 0.1) is 39.6 Å². The molecule has 2 heterocycles. The molecule has 2 aliphatic rings. The Kier molecular flexibility index (Phi) is 6.37. The molecule has 4 heteroatoms. The van der Waals surface area contributed by atoms with Crippen molar-refractivity contribution in [2.75, 3.05) is 39.6 Å². The molecule has 0 radical (unpaired) electrons. The van der Waals surface area contributed by atoms with Crippen molar-refractivity contribution in [3.8, 4) is 22.6 Å². The lowest BCUT2D eigenvalue weighted by molar-refractivity contribution is -0.120. The first-order valence-corrected chi connectivity index (χ1v) is 15.7. The lowest BCUT2D eigenvalue weighted by Crippen LogP contribution is -2.44. The van der Waals surface area contributed by atoms with Gasteiger partial charge in [-0.3, -0.25) is 0 Å². The molecule has 0 saturated carbocycles. The van der Waals surface area contributed by atoms with E-state index in [2.05, 4.69) is 113 Å². The average Bonchev–Trinajstić information content (AvgIpc) is 3.00. The molecule has 8 rings (SSSR count). The van der Waals surface area contributed by atoms with Crippen LogP contribution in [0.4, 0.5) is 0 Å². The van der Waals surface area contributed by atoms with Crippen molar-refractivity contribution in [1.29, 1.82) is 0 Å². The van der Waals surface area contributed by atoms with Gasteiger partial charge >= 0.3 is 0 Å². The summed E-state index contributed by atoms with van der Waals surface area (Å²) in [6.07, 6.45) is 0. The molecule has 2 aliphatic heterocycles. The summed E-state index contributed by atoms with van der Waals surface area (Å²) in [5, 5.41) is 9.41. The quantitative estimate of drug-likeness (QED) is 0.176. The molecule has 0 aliphatic carbocycles. The Balaban J connectivity index is 1.46. The van der Waals surface area contributed by atoms with E-state index in [0.717, 1.165) is 48.7 Å². The molecule has 6 aromatic rings. The predicted molar refractivity (Wildman–Crippen MR) is 180 cm³/mol. The third-order valence-electron chi connectivity index (χ3n) is 9.60. The van der Waals surface area contributed by atoms with Crippen LogP contribution >= 0.6 is 0 Å². The fourth-order valence-electron chi connectivity index (χ4n) is 7.11. The van der Waals surface area contributed by atoms with Gasteiger partial charge in [0, 0.05) is 32.4 Å². The van der Waals surface area contributed by atoms with Crippen molar-refractivity contribution < 1.29 is 18.9 Å². The lowest BCUT2D eigenvalue weighted by atomic mass is 9.83. The van der Waals surface area contributed by atoms with E-state index in [4.69, 9.17) is 18.9 Å². The number of hydrogen-bond donors (Lipinski definition) is 0. The summed E-state index contributed by atoms with van der Waals surface area (Å²) >= 11 is 0. The molecule has 0 spiro atoms. The Bertz CT molecular complexity index is 1930. The van der Waals surface area contributed by atoms with Crippen LogP contribution < -0.4 is 9.47 Å². The highest BCUT2D eigenvalue weighted by Crippen LogP contribution is 2.51. The van der Waals surface area contributed by atoms with E-state index in [1.54, 1.807) is 0 Å². The SMILES string of the molecule is Cc1cccc2c(-c3c4ccccc4c(OCC4(C)COC4)c4c(C)cccc34)c3ccccc3c(OCC3(C)COC3)c12. The average molecular weight is 583 g/mol. The van der Waals surface area contributed by atoms with Gasteiger partial charge in [-0.1, -0.05) is 98.8 Å². The standard InChI is InChI=1S/C40H38O4/c1-25-11-9-17-31-33(25)37(43-23-39(3)19-41-20-39)29-15-7-5-13-27(29)35(31)36-28-14-6-8-16-30(28)38(44-24-40(4)21-42-22-40)34-26(2)12-10-18-32(34)36/h5-18H,19-24H2,1-4H3. The maximum absolute atomic E-state index is 6.79. The van der Waals surface area contributed by atoms with Crippen LogP contribution in [0.3, 0.4) is 0 Å². The molecule has 0 amide bonds. The highest BCUT2D eigenvalue weighted by Gasteiger charge is 2.36. The molecule has 4 nitrogen and oxygen atoms in total. The normalized spacial score (nSPS) is 17.1.